The molecule has 0 aliphatic heterocycles. The highest BCUT2D eigenvalue weighted by molar-refractivity contribution is 8.01. The summed E-state index contributed by atoms with van der Waals surface area (Å²) in [6.45, 7) is 1.35. The maximum Gasteiger partial charge on any atom is 0.230 e. The molecule has 0 aromatic carbocycles. The zero-order valence-corrected chi connectivity index (χ0v) is 16.3. The third-order valence-corrected chi connectivity index (χ3v) is 7.77. The third kappa shape index (κ3) is 4.11. The number of ether oxygens (including phenoxy) is 1. The summed E-state index contributed by atoms with van der Waals surface area (Å²) in [6, 6.07) is 0. The van der Waals surface area contributed by atoms with Gasteiger partial charge in [0.15, 0.2) is 4.34 Å². The topological polar surface area (TPSA) is 76.1 Å². The number of aromatic nitrogens is 2. The Hall–Kier alpha value is -0.860. The van der Waals surface area contributed by atoms with E-state index in [0.29, 0.717) is 18.9 Å². The number of hydrogen-bond acceptors (Lipinski definition) is 7. The molecule has 1 aromatic heterocycles. The molecule has 4 fully saturated rings. The second-order valence-electron chi connectivity index (χ2n) is 7.83. The van der Waals surface area contributed by atoms with E-state index in [9.17, 15) is 4.79 Å². The Kier molecular flexibility index (Phi) is 5.20. The summed E-state index contributed by atoms with van der Waals surface area (Å²) < 4.78 is 5.83. The van der Waals surface area contributed by atoms with Gasteiger partial charge in [0, 0.05) is 19.2 Å². The van der Waals surface area contributed by atoms with E-state index < -0.39 is 0 Å². The molecule has 4 aliphatic carbocycles. The first-order chi connectivity index (χ1) is 12.1. The lowest BCUT2D eigenvalue weighted by atomic mass is 9.53. The van der Waals surface area contributed by atoms with Gasteiger partial charge in [0.2, 0.25) is 11.0 Å². The number of thioether (sulfide) groups is 1. The van der Waals surface area contributed by atoms with Gasteiger partial charge in [0.05, 0.1) is 12.4 Å². The highest BCUT2D eigenvalue weighted by Gasteiger charge is 2.51. The SMILES string of the molecule is COCCNc1nnc(SCC(=O)NC23CC4CC(CC(C4)C2)C3)s1. The van der Waals surface area contributed by atoms with Crippen molar-refractivity contribution < 1.29 is 9.53 Å². The fourth-order valence-corrected chi connectivity index (χ4v) is 6.90. The van der Waals surface area contributed by atoms with Crippen LogP contribution < -0.4 is 10.6 Å². The molecule has 1 amide bonds. The summed E-state index contributed by atoms with van der Waals surface area (Å²) >= 11 is 2.97. The highest BCUT2D eigenvalue weighted by Crippen LogP contribution is 2.55. The summed E-state index contributed by atoms with van der Waals surface area (Å²) in [4.78, 5) is 12.5. The van der Waals surface area contributed by atoms with Gasteiger partial charge in [-0.3, -0.25) is 4.79 Å². The zero-order valence-electron chi connectivity index (χ0n) is 14.6. The Bertz CT molecular complexity index is 586. The molecule has 0 atom stereocenters. The number of amides is 1. The smallest absolute Gasteiger partial charge is 0.230 e. The van der Waals surface area contributed by atoms with Gasteiger partial charge in [-0.2, -0.15) is 0 Å². The van der Waals surface area contributed by atoms with Gasteiger partial charge in [-0.25, -0.2) is 0 Å². The molecule has 8 heteroatoms. The van der Waals surface area contributed by atoms with Crippen LogP contribution in [0.4, 0.5) is 5.13 Å². The molecule has 138 valence electrons. The minimum absolute atomic E-state index is 0.0976. The number of methoxy groups -OCH3 is 1. The van der Waals surface area contributed by atoms with Crippen LogP contribution in [0, 0.1) is 17.8 Å². The lowest BCUT2D eigenvalue weighted by Gasteiger charge is -2.56. The van der Waals surface area contributed by atoms with Crippen LogP contribution >= 0.6 is 23.1 Å². The fourth-order valence-electron chi connectivity index (χ4n) is 5.32. The molecule has 0 saturated heterocycles. The minimum atomic E-state index is 0.0976. The van der Waals surface area contributed by atoms with Crippen molar-refractivity contribution in [3.63, 3.8) is 0 Å². The molecule has 25 heavy (non-hydrogen) atoms. The van der Waals surface area contributed by atoms with Crippen LogP contribution in [0.5, 0.6) is 0 Å². The minimum Gasteiger partial charge on any atom is -0.383 e. The fraction of sp³-hybridized carbons (Fsp3) is 0.824. The first-order valence-corrected chi connectivity index (χ1v) is 10.9. The van der Waals surface area contributed by atoms with Gasteiger partial charge in [-0.15, -0.1) is 10.2 Å². The number of hydrogen-bond donors (Lipinski definition) is 2. The van der Waals surface area contributed by atoms with Crippen LogP contribution in [-0.2, 0) is 9.53 Å². The molecule has 4 aliphatic rings. The van der Waals surface area contributed by atoms with E-state index in [1.165, 1.54) is 61.6 Å². The monoisotopic (exact) mass is 382 g/mol. The number of anilines is 1. The van der Waals surface area contributed by atoms with Crippen molar-refractivity contribution in [2.75, 3.05) is 31.3 Å². The first-order valence-electron chi connectivity index (χ1n) is 9.14. The van der Waals surface area contributed by atoms with E-state index in [0.717, 1.165) is 27.2 Å². The largest absolute Gasteiger partial charge is 0.383 e. The van der Waals surface area contributed by atoms with Crippen LogP contribution in [0.25, 0.3) is 0 Å². The summed E-state index contributed by atoms with van der Waals surface area (Å²) in [7, 11) is 1.67. The van der Waals surface area contributed by atoms with Gasteiger partial charge in [-0.1, -0.05) is 23.1 Å². The third-order valence-electron chi connectivity index (χ3n) is 5.76. The maximum absolute atomic E-state index is 12.5. The molecule has 2 N–H and O–H groups in total. The number of nitrogens with zero attached hydrogens (tertiary/aromatic N) is 2. The first kappa shape index (κ1) is 17.5. The molecule has 5 rings (SSSR count). The van der Waals surface area contributed by atoms with Crippen molar-refractivity contribution in [1.82, 2.24) is 15.5 Å². The predicted octanol–water partition coefficient (Wildman–Crippen LogP) is 2.77. The van der Waals surface area contributed by atoms with Crippen molar-refractivity contribution in [3.05, 3.63) is 0 Å². The Labute approximate surface area is 156 Å². The number of nitrogens with one attached hydrogen (secondary N) is 2. The van der Waals surface area contributed by atoms with Crippen molar-refractivity contribution in [2.24, 2.45) is 17.8 Å². The van der Waals surface area contributed by atoms with Crippen LogP contribution in [0.1, 0.15) is 38.5 Å². The second kappa shape index (κ2) is 7.40. The van der Waals surface area contributed by atoms with Crippen molar-refractivity contribution in [3.8, 4) is 0 Å². The molecule has 0 spiro atoms. The Balaban J connectivity index is 1.26. The van der Waals surface area contributed by atoms with E-state index in [4.69, 9.17) is 4.74 Å². The quantitative estimate of drug-likeness (QED) is 0.532. The van der Waals surface area contributed by atoms with Crippen molar-refractivity contribution in [2.45, 2.75) is 48.4 Å². The summed E-state index contributed by atoms with van der Waals surface area (Å²) in [6.07, 6.45) is 7.78. The van der Waals surface area contributed by atoms with Gasteiger partial charge in [-0.05, 0) is 56.3 Å². The van der Waals surface area contributed by atoms with Crippen LogP contribution in [0.3, 0.4) is 0 Å². The number of rotatable bonds is 8. The molecule has 0 unspecified atom stereocenters. The highest BCUT2D eigenvalue weighted by atomic mass is 32.2. The maximum atomic E-state index is 12.5. The summed E-state index contributed by atoms with van der Waals surface area (Å²) in [5.74, 6) is 3.12. The van der Waals surface area contributed by atoms with E-state index in [1.807, 2.05) is 0 Å². The summed E-state index contributed by atoms with van der Waals surface area (Å²) in [5, 5.41) is 15.6. The summed E-state index contributed by atoms with van der Waals surface area (Å²) in [5.41, 5.74) is 0.0976. The average molecular weight is 383 g/mol. The van der Waals surface area contributed by atoms with Crippen molar-refractivity contribution in [1.29, 1.82) is 0 Å². The van der Waals surface area contributed by atoms with Gasteiger partial charge in [0.1, 0.15) is 0 Å². The number of carbonyl (C=O) groups is 1. The molecule has 1 aromatic rings. The molecule has 4 saturated carbocycles. The Morgan fingerprint density at radius 1 is 1.24 bits per heavy atom. The van der Waals surface area contributed by atoms with E-state index >= 15 is 0 Å². The van der Waals surface area contributed by atoms with E-state index in [-0.39, 0.29) is 11.4 Å². The Morgan fingerprint density at radius 3 is 2.56 bits per heavy atom. The van der Waals surface area contributed by atoms with Gasteiger partial charge in [0.25, 0.3) is 0 Å². The van der Waals surface area contributed by atoms with E-state index in [1.54, 1.807) is 7.11 Å². The van der Waals surface area contributed by atoms with Gasteiger partial charge >= 0.3 is 0 Å². The normalized spacial score (nSPS) is 32.8. The van der Waals surface area contributed by atoms with Crippen LogP contribution in [0.2, 0.25) is 0 Å². The van der Waals surface area contributed by atoms with E-state index in [2.05, 4.69) is 20.8 Å². The Morgan fingerprint density at radius 2 is 1.92 bits per heavy atom. The lowest BCUT2D eigenvalue weighted by Crippen LogP contribution is -2.60. The number of carbonyl (C=O) groups excluding carboxylic acids is 1. The van der Waals surface area contributed by atoms with Crippen molar-refractivity contribution >= 4 is 34.1 Å². The lowest BCUT2D eigenvalue weighted by molar-refractivity contribution is -0.124. The standard InChI is InChI=1S/C17H26N4O2S2/c1-23-3-2-18-15-20-21-16(25-15)24-10-14(22)19-17-7-11-4-12(8-17)6-13(5-11)9-17/h11-13H,2-10H2,1H3,(H,18,20)(H,19,22). The molecule has 0 radical (unpaired) electrons. The molecular formula is C17H26N4O2S2. The second-order valence-corrected chi connectivity index (χ2v) is 10.0. The molecule has 6 nitrogen and oxygen atoms in total. The molecule has 1 heterocycles. The zero-order chi connectivity index (χ0) is 17.3. The molecule has 4 bridgehead atoms. The van der Waals surface area contributed by atoms with Crippen LogP contribution in [0.15, 0.2) is 4.34 Å². The predicted molar refractivity (Wildman–Crippen MR) is 100 cm³/mol. The van der Waals surface area contributed by atoms with Gasteiger partial charge < -0.3 is 15.4 Å². The molecular weight excluding hydrogens is 356 g/mol. The average Bonchev–Trinajstić information content (AvgIpc) is 2.99. The van der Waals surface area contributed by atoms with Crippen LogP contribution in [-0.4, -0.2) is 47.7 Å².